The zero-order valence-electron chi connectivity index (χ0n) is 13.0. The number of aromatic nitrogens is 2. The minimum absolute atomic E-state index is 0.0277. The molecule has 0 fully saturated rings. The number of nitrogens with zero attached hydrogens (tertiary/aromatic N) is 2. The number of aryl methyl sites for hydroxylation is 4. The van der Waals surface area contributed by atoms with E-state index in [0.717, 1.165) is 16.4 Å². The number of sulfonamides is 1. The summed E-state index contributed by atoms with van der Waals surface area (Å²) in [6.07, 6.45) is -3.77. The molecule has 0 radical (unpaired) electrons. The number of hydrogen-bond donors (Lipinski definition) is 1. The third-order valence-electron chi connectivity index (χ3n) is 3.22. The Labute approximate surface area is 132 Å². The van der Waals surface area contributed by atoms with Crippen LogP contribution in [0.15, 0.2) is 23.2 Å². The Morgan fingerprint density at radius 1 is 1.13 bits per heavy atom. The van der Waals surface area contributed by atoms with Crippen molar-refractivity contribution in [2.45, 2.75) is 31.8 Å². The first kappa shape index (κ1) is 17.3. The monoisotopic (exact) mass is 347 g/mol. The highest BCUT2D eigenvalue weighted by molar-refractivity contribution is 7.92. The van der Waals surface area contributed by atoms with Gasteiger partial charge in [-0.15, -0.1) is 0 Å². The summed E-state index contributed by atoms with van der Waals surface area (Å²) in [5.74, 6) is 0. The van der Waals surface area contributed by atoms with Crippen molar-refractivity contribution in [1.82, 2.24) is 9.78 Å². The predicted octanol–water partition coefficient (Wildman–Crippen LogP) is 3.16. The minimum atomic E-state index is -4.75. The molecular formula is C14H16F3N3O2S. The Balaban J connectivity index is 2.53. The Morgan fingerprint density at radius 3 is 2.13 bits per heavy atom. The fourth-order valence-electron chi connectivity index (χ4n) is 2.56. The quantitative estimate of drug-likeness (QED) is 0.928. The third-order valence-corrected chi connectivity index (χ3v) is 4.89. The van der Waals surface area contributed by atoms with Gasteiger partial charge >= 0.3 is 6.18 Å². The smallest absolute Gasteiger partial charge is 0.276 e. The molecule has 0 saturated heterocycles. The van der Waals surface area contributed by atoms with E-state index < -0.39 is 27.6 Å². The molecule has 2 rings (SSSR count). The number of halogens is 3. The number of hydrogen-bond acceptors (Lipinski definition) is 3. The standard InChI is InChI=1S/C14H16F3N3O2S/c1-8-5-9(2)12(10(3)6-8)23(21,22)19-11-7-20(4)18-13(11)14(15,16)17/h5-7,19H,1-4H3. The van der Waals surface area contributed by atoms with Crippen molar-refractivity contribution in [1.29, 1.82) is 0 Å². The largest absolute Gasteiger partial charge is 0.437 e. The highest BCUT2D eigenvalue weighted by Gasteiger charge is 2.38. The third kappa shape index (κ3) is 3.49. The Hall–Kier alpha value is -2.03. The molecule has 23 heavy (non-hydrogen) atoms. The van der Waals surface area contributed by atoms with Gasteiger partial charge in [-0.25, -0.2) is 8.42 Å². The molecular weight excluding hydrogens is 331 g/mol. The minimum Gasteiger partial charge on any atom is -0.276 e. The molecule has 0 aliphatic rings. The van der Waals surface area contributed by atoms with Gasteiger partial charge in [-0.05, 0) is 31.9 Å². The van der Waals surface area contributed by atoms with Crippen molar-refractivity contribution >= 4 is 15.7 Å². The summed E-state index contributed by atoms with van der Waals surface area (Å²) in [4.78, 5) is -0.0277. The van der Waals surface area contributed by atoms with E-state index in [2.05, 4.69) is 5.10 Å². The summed E-state index contributed by atoms with van der Waals surface area (Å²) in [5, 5.41) is 3.28. The van der Waals surface area contributed by atoms with E-state index in [9.17, 15) is 21.6 Å². The summed E-state index contributed by atoms with van der Waals surface area (Å²) >= 11 is 0. The average molecular weight is 347 g/mol. The zero-order valence-corrected chi connectivity index (χ0v) is 13.8. The fraction of sp³-hybridized carbons (Fsp3) is 0.357. The molecule has 126 valence electrons. The Morgan fingerprint density at radius 2 is 1.65 bits per heavy atom. The van der Waals surface area contributed by atoms with E-state index in [1.165, 1.54) is 7.05 Å². The van der Waals surface area contributed by atoms with Gasteiger partial charge in [0.25, 0.3) is 10.0 Å². The highest BCUT2D eigenvalue weighted by Crippen LogP contribution is 2.35. The van der Waals surface area contributed by atoms with E-state index >= 15 is 0 Å². The zero-order chi connectivity index (χ0) is 17.6. The van der Waals surface area contributed by atoms with Gasteiger partial charge in [0.1, 0.15) is 0 Å². The first-order valence-corrected chi connectivity index (χ1v) is 8.11. The average Bonchev–Trinajstić information content (AvgIpc) is 2.66. The molecule has 0 spiro atoms. The number of nitrogens with one attached hydrogen (secondary N) is 1. The second-order valence-corrected chi connectivity index (χ2v) is 7.02. The fourth-order valence-corrected chi connectivity index (χ4v) is 4.07. The molecule has 0 aliphatic carbocycles. The van der Waals surface area contributed by atoms with Crippen molar-refractivity contribution in [2.75, 3.05) is 4.72 Å². The molecule has 0 bridgehead atoms. The maximum atomic E-state index is 12.9. The molecule has 5 nitrogen and oxygen atoms in total. The van der Waals surface area contributed by atoms with Crippen LogP contribution in [-0.4, -0.2) is 18.2 Å². The maximum absolute atomic E-state index is 12.9. The van der Waals surface area contributed by atoms with E-state index in [4.69, 9.17) is 0 Å². The summed E-state index contributed by atoms with van der Waals surface area (Å²) in [7, 11) is -2.88. The Bertz CT molecular complexity index is 832. The number of rotatable bonds is 3. The summed E-state index contributed by atoms with van der Waals surface area (Å²) < 4.78 is 66.8. The lowest BCUT2D eigenvalue weighted by Gasteiger charge is -2.14. The second kappa shape index (κ2) is 5.55. The lowest BCUT2D eigenvalue weighted by molar-refractivity contribution is -0.140. The van der Waals surface area contributed by atoms with Crippen molar-refractivity contribution in [3.63, 3.8) is 0 Å². The maximum Gasteiger partial charge on any atom is 0.437 e. The summed E-state index contributed by atoms with van der Waals surface area (Å²) in [5.41, 5.74) is -0.0680. The van der Waals surface area contributed by atoms with Crippen LogP contribution in [-0.2, 0) is 23.2 Å². The SMILES string of the molecule is Cc1cc(C)c(S(=O)(=O)Nc2cn(C)nc2C(F)(F)F)c(C)c1. The molecule has 1 aromatic carbocycles. The van der Waals surface area contributed by atoms with E-state index in [1.807, 2.05) is 11.6 Å². The molecule has 1 aromatic heterocycles. The first-order valence-electron chi connectivity index (χ1n) is 6.63. The topological polar surface area (TPSA) is 64.0 Å². The number of alkyl halides is 3. The molecule has 0 saturated carbocycles. The molecule has 1 N–H and O–H groups in total. The molecule has 0 atom stereocenters. The van der Waals surface area contributed by atoms with Gasteiger partial charge in [-0.1, -0.05) is 17.7 Å². The van der Waals surface area contributed by atoms with Crippen LogP contribution < -0.4 is 4.72 Å². The molecule has 0 aliphatic heterocycles. The highest BCUT2D eigenvalue weighted by atomic mass is 32.2. The first-order chi connectivity index (χ1) is 10.4. The summed E-state index contributed by atoms with van der Waals surface area (Å²) in [6, 6.07) is 3.32. The van der Waals surface area contributed by atoms with Crippen LogP contribution in [0.3, 0.4) is 0 Å². The van der Waals surface area contributed by atoms with Gasteiger partial charge in [-0.3, -0.25) is 9.40 Å². The molecule has 0 amide bonds. The van der Waals surface area contributed by atoms with Crippen LogP contribution in [0.5, 0.6) is 0 Å². The van der Waals surface area contributed by atoms with Crippen LogP contribution >= 0.6 is 0 Å². The number of benzene rings is 1. The van der Waals surface area contributed by atoms with E-state index in [-0.39, 0.29) is 4.90 Å². The van der Waals surface area contributed by atoms with Crippen LogP contribution in [0.4, 0.5) is 18.9 Å². The molecule has 1 heterocycles. The number of anilines is 1. The lowest BCUT2D eigenvalue weighted by Crippen LogP contribution is -2.18. The van der Waals surface area contributed by atoms with Crippen LogP contribution in [0, 0.1) is 20.8 Å². The lowest BCUT2D eigenvalue weighted by atomic mass is 10.1. The molecule has 0 unspecified atom stereocenters. The van der Waals surface area contributed by atoms with E-state index in [0.29, 0.717) is 11.1 Å². The van der Waals surface area contributed by atoms with Crippen molar-refractivity contribution in [3.05, 3.63) is 40.7 Å². The predicted molar refractivity (Wildman–Crippen MR) is 79.7 cm³/mol. The van der Waals surface area contributed by atoms with Crippen molar-refractivity contribution in [3.8, 4) is 0 Å². The van der Waals surface area contributed by atoms with Gasteiger partial charge in [0.15, 0.2) is 5.69 Å². The van der Waals surface area contributed by atoms with Gasteiger partial charge in [0.2, 0.25) is 0 Å². The van der Waals surface area contributed by atoms with E-state index in [1.54, 1.807) is 26.0 Å². The van der Waals surface area contributed by atoms with Gasteiger partial charge < -0.3 is 0 Å². The van der Waals surface area contributed by atoms with Gasteiger partial charge in [-0.2, -0.15) is 18.3 Å². The van der Waals surface area contributed by atoms with Crippen LogP contribution in [0.1, 0.15) is 22.4 Å². The normalized spacial score (nSPS) is 12.5. The Kier molecular flexibility index (Phi) is 4.18. The second-order valence-electron chi connectivity index (χ2n) is 5.40. The summed E-state index contributed by atoms with van der Waals surface area (Å²) in [6.45, 7) is 5.01. The van der Waals surface area contributed by atoms with Gasteiger partial charge in [0.05, 0.1) is 10.6 Å². The van der Waals surface area contributed by atoms with Crippen LogP contribution in [0.25, 0.3) is 0 Å². The van der Waals surface area contributed by atoms with Crippen molar-refractivity contribution < 1.29 is 21.6 Å². The molecule has 9 heteroatoms. The van der Waals surface area contributed by atoms with Crippen molar-refractivity contribution in [2.24, 2.45) is 7.05 Å². The van der Waals surface area contributed by atoms with Gasteiger partial charge in [0, 0.05) is 13.2 Å². The molecule has 2 aromatic rings. The van der Waals surface area contributed by atoms with Crippen LogP contribution in [0.2, 0.25) is 0 Å².